The fourth-order valence-corrected chi connectivity index (χ4v) is 1.05. The van der Waals surface area contributed by atoms with E-state index in [0.29, 0.717) is 13.0 Å². The fourth-order valence-electron chi connectivity index (χ4n) is 1.05. The number of nitrogens with zero attached hydrogens (tertiary/aromatic N) is 3. The van der Waals surface area contributed by atoms with E-state index >= 15 is 0 Å². The highest BCUT2D eigenvalue weighted by Crippen LogP contribution is 1.99. The number of carbonyl (C=O) groups excluding carboxylic acids is 1. The molecule has 1 N–H and O–H groups in total. The predicted octanol–water partition coefficient (Wildman–Crippen LogP) is 0.583. The van der Waals surface area contributed by atoms with Crippen LogP contribution in [0.1, 0.15) is 27.2 Å². The predicted molar refractivity (Wildman–Crippen MR) is 52.5 cm³/mol. The van der Waals surface area contributed by atoms with Gasteiger partial charge in [-0.1, -0.05) is 0 Å². The van der Waals surface area contributed by atoms with Gasteiger partial charge in [0, 0.05) is 12.0 Å². The van der Waals surface area contributed by atoms with Gasteiger partial charge < -0.3 is 5.32 Å². The number of aryl methyl sites for hydroxylation is 1. The van der Waals surface area contributed by atoms with Crippen LogP contribution in [0.4, 0.5) is 0 Å². The van der Waals surface area contributed by atoms with Crippen molar-refractivity contribution in [2.24, 2.45) is 0 Å². The van der Waals surface area contributed by atoms with Crippen LogP contribution >= 0.6 is 0 Å². The van der Waals surface area contributed by atoms with Crippen LogP contribution in [0.25, 0.3) is 0 Å². The highest BCUT2D eigenvalue weighted by Gasteiger charge is 2.13. The SMILES string of the molecule is CC(C)(C)NC(=O)CCn1cncn1. The van der Waals surface area contributed by atoms with E-state index in [1.54, 1.807) is 11.0 Å². The van der Waals surface area contributed by atoms with Gasteiger partial charge in [-0.25, -0.2) is 4.98 Å². The second kappa shape index (κ2) is 4.21. The smallest absolute Gasteiger partial charge is 0.222 e. The quantitative estimate of drug-likeness (QED) is 0.769. The fraction of sp³-hybridized carbons (Fsp3) is 0.667. The summed E-state index contributed by atoms with van der Waals surface area (Å²) in [7, 11) is 0. The molecular formula is C9H16N4O. The molecule has 1 amide bonds. The van der Waals surface area contributed by atoms with Crippen molar-refractivity contribution in [3.05, 3.63) is 12.7 Å². The maximum absolute atomic E-state index is 11.4. The van der Waals surface area contributed by atoms with Crippen LogP contribution in [-0.4, -0.2) is 26.2 Å². The first kappa shape index (κ1) is 10.7. The number of nitrogens with one attached hydrogen (secondary N) is 1. The van der Waals surface area contributed by atoms with Crippen molar-refractivity contribution < 1.29 is 4.79 Å². The van der Waals surface area contributed by atoms with Gasteiger partial charge in [0.25, 0.3) is 0 Å². The van der Waals surface area contributed by atoms with Crippen molar-refractivity contribution >= 4 is 5.91 Å². The largest absolute Gasteiger partial charge is 0.351 e. The Hall–Kier alpha value is -1.39. The Morgan fingerprint density at radius 3 is 2.71 bits per heavy atom. The van der Waals surface area contributed by atoms with Crippen molar-refractivity contribution in [2.75, 3.05) is 0 Å². The first-order valence-corrected chi connectivity index (χ1v) is 4.61. The Bertz CT molecular complexity index is 286. The molecule has 0 saturated heterocycles. The van der Waals surface area contributed by atoms with E-state index in [-0.39, 0.29) is 11.4 Å². The molecule has 0 aliphatic carbocycles. The summed E-state index contributed by atoms with van der Waals surface area (Å²) in [6, 6.07) is 0. The lowest BCUT2D eigenvalue weighted by atomic mass is 10.1. The van der Waals surface area contributed by atoms with Gasteiger partial charge in [-0.05, 0) is 20.8 Å². The molecule has 14 heavy (non-hydrogen) atoms. The lowest BCUT2D eigenvalue weighted by Crippen LogP contribution is -2.40. The number of hydrogen-bond donors (Lipinski definition) is 1. The van der Waals surface area contributed by atoms with E-state index < -0.39 is 0 Å². The summed E-state index contributed by atoms with van der Waals surface area (Å²) in [6.07, 6.45) is 3.49. The van der Waals surface area contributed by atoms with Crippen molar-refractivity contribution in [3.63, 3.8) is 0 Å². The van der Waals surface area contributed by atoms with E-state index in [9.17, 15) is 4.79 Å². The third-order valence-corrected chi connectivity index (χ3v) is 1.55. The lowest BCUT2D eigenvalue weighted by Gasteiger charge is -2.20. The normalized spacial score (nSPS) is 11.4. The van der Waals surface area contributed by atoms with E-state index in [4.69, 9.17) is 0 Å². The molecule has 1 heterocycles. The molecule has 1 rings (SSSR count). The third-order valence-electron chi connectivity index (χ3n) is 1.55. The molecule has 0 saturated carbocycles. The van der Waals surface area contributed by atoms with Crippen LogP contribution in [0, 0.1) is 0 Å². The summed E-state index contributed by atoms with van der Waals surface area (Å²) in [5.74, 6) is 0.0352. The molecule has 1 aromatic heterocycles. The maximum atomic E-state index is 11.4. The van der Waals surface area contributed by atoms with Gasteiger partial charge in [0.1, 0.15) is 12.7 Å². The van der Waals surface area contributed by atoms with Crippen LogP contribution < -0.4 is 5.32 Å². The molecule has 78 valence electrons. The highest BCUT2D eigenvalue weighted by atomic mass is 16.1. The molecule has 0 atom stereocenters. The van der Waals surface area contributed by atoms with Crippen LogP contribution in [0.2, 0.25) is 0 Å². The molecule has 0 spiro atoms. The average molecular weight is 196 g/mol. The van der Waals surface area contributed by atoms with Crippen molar-refractivity contribution in [1.29, 1.82) is 0 Å². The first-order chi connectivity index (χ1) is 6.47. The summed E-state index contributed by atoms with van der Waals surface area (Å²) in [4.78, 5) is 15.2. The van der Waals surface area contributed by atoms with Gasteiger partial charge >= 0.3 is 0 Å². The first-order valence-electron chi connectivity index (χ1n) is 4.61. The number of aromatic nitrogens is 3. The van der Waals surface area contributed by atoms with Gasteiger partial charge in [-0.15, -0.1) is 0 Å². The van der Waals surface area contributed by atoms with Gasteiger partial charge in [0.05, 0.1) is 6.54 Å². The minimum Gasteiger partial charge on any atom is -0.351 e. The Labute approximate surface area is 83.5 Å². The minimum absolute atomic E-state index is 0.0352. The Morgan fingerprint density at radius 2 is 2.21 bits per heavy atom. The summed E-state index contributed by atoms with van der Waals surface area (Å²) in [6.45, 7) is 6.45. The van der Waals surface area contributed by atoms with Gasteiger partial charge in [-0.3, -0.25) is 9.48 Å². The van der Waals surface area contributed by atoms with Crippen LogP contribution in [0.15, 0.2) is 12.7 Å². The van der Waals surface area contributed by atoms with E-state index in [0.717, 1.165) is 0 Å². The third kappa shape index (κ3) is 4.02. The van der Waals surface area contributed by atoms with Crippen LogP contribution in [0.5, 0.6) is 0 Å². The molecule has 0 aromatic carbocycles. The zero-order chi connectivity index (χ0) is 10.6. The second-order valence-electron chi connectivity index (χ2n) is 4.21. The molecule has 0 bridgehead atoms. The van der Waals surface area contributed by atoms with Crippen molar-refractivity contribution in [3.8, 4) is 0 Å². The summed E-state index contributed by atoms with van der Waals surface area (Å²) in [5.41, 5.74) is -0.167. The van der Waals surface area contributed by atoms with Gasteiger partial charge in [0.2, 0.25) is 5.91 Å². The minimum atomic E-state index is -0.167. The lowest BCUT2D eigenvalue weighted by molar-refractivity contribution is -0.122. The zero-order valence-corrected chi connectivity index (χ0v) is 8.82. The van der Waals surface area contributed by atoms with Crippen molar-refractivity contribution in [2.45, 2.75) is 39.3 Å². The average Bonchev–Trinajstić information content (AvgIpc) is 2.49. The molecule has 0 unspecified atom stereocenters. The number of amides is 1. The Kier molecular flexibility index (Phi) is 3.22. The summed E-state index contributed by atoms with van der Waals surface area (Å²) >= 11 is 0. The Balaban J connectivity index is 2.29. The zero-order valence-electron chi connectivity index (χ0n) is 8.82. The van der Waals surface area contributed by atoms with E-state index in [2.05, 4.69) is 15.4 Å². The Morgan fingerprint density at radius 1 is 1.50 bits per heavy atom. The van der Waals surface area contributed by atoms with E-state index in [1.807, 2.05) is 20.8 Å². The van der Waals surface area contributed by atoms with Gasteiger partial charge in [-0.2, -0.15) is 5.10 Å². The highest BCUT2D eigenvalue weighted by molar-refractivity contribution is 5.76. The maximum Gasteiger partial charge on any atom is 0.222 e. The molecule has 5 heteroatoms. The summed E-state index contributed by atoms with van der Waals surface area (Å²) < 4.78 is 1.64. The molecule has 0 radical (unpaired) electrons. The van der Waals surface area contributed by atoms with E-state index in [1.165, 1.54) is 6.33 Å². The van der Waals surface area contributed by atoms with Crippen LogP contribution in [-0.2, 0) is 11.3 Å². The second-order valence-corrected chi connectivity index (χ2v) is 4.21. The molecule has 0 fully saturated rings. The number of carbonyl (C=O) groups is 1. The topological polar surface area (TPSA) is 59.8 Å². The molecular weight excluding hydrogens is 180 g/mol. The molecule has 0 aliphatic rings. The van der Waals surface area contributed by atoms with Crippen LogP contribution in [0.3, 0.4) is 0 Å². The standard InChI is InChI=1S/C9H16N4O/c1-9(2,3)12-8(14)4-5-13-7-10-6-11-13/h6-7H,4-5H2,1-3H3,(H,12,14). The monoisotopic (exact) mass is 196 g/mol. The molecule has 1 aromatic rings. The van der Waals surface area contributed by atoms with Gasteiger partial charge in [0.15, 0.2) is 0 Å². The number of hydrogen-bond acceptors (Lipinski definition) is 3. The summed E-state index contributed by atoms with van der Waals surface area (Å²) in [5, 5.41) is 6.79. The molecule has 0 aliphatic heterocycles. The molecule has 5 nitrogen and oxygen atoms in total. The van der Waals surface area contributed by atoms with Crippen molar-refractivity contribution in [1.82, 2.24) is 20.1 Å². The number of rotatable bonds is 3.